The number of H-pyrrole nitrogens is 1. The first-order valence-corrected chi connectivity index (χ1v) is 26.4. The molecule has 3 aromatic heterocycles. The fourth-order valence-corrected chi connectivity index (χ4v) is 11.2. The number of benzene rings is 3. The van der Waals surface area contributed by atoms with Gasteiger partial charge in [-0.15, -0.1) is 0 Å². The largest absolute Gasteiger partial charge is 0.494 e. The Labute approximate surface area is 407 Å². The second-order valence-corrected chi connectivity index (χ2v) is 21.8. The van der Waals surface area contributed by atoms with E-state index in [9.17, 15) is 23.7 Å². The molecule has 0 radical (unpaired) electrons. The van der Waals surface area contributed by atoms with Crippen molar-refractivity contribution in [1.29, 1.82) is 0 Å². The molecule has 0 spiro atoms. The predicted octanol–water partition coefficient (Wildman–Crippen LogP) is 7.02. The minimum atomic E-state index is -2.79. The molecular weight excluding hydrogens is 963 g/mol. The number of halogens is 1. The number of nitrogens with zero attached hydrogens (tertiary/aromatic N) is 7. The molecule has 69 heavy (non-hydrogen) atoms. The number of methoxy groups -OCH3 is 1. The van der Waals surface area contributed by atoms with Crippen LogP contribution in [-0.4, -0.2) is 124 Å². The van der Waals surface area contributed by atoms with Crippen LogP contribution < -0.4 is 36.2 Å². The molecule has 4 amide bonds. The highest BCUT2D eigenvalue weighted by Gasteiger charge is 2.32. The van der Waals surface area contributed by atoms with Crippen molar-refractivity contribution in [3.05, 3.63) is 106 Å². The third-order valence-corrected chi connectivity index (χ3v) is 15.2. The lowest BCUT2D eigenvalue weighted by Crippen LogP contribution is -2.54. The van der Waals surface area contributed by atoms with Gasteiger partial charge in [0, 0.05) is 94.0 Å². The number of aromatic nitrogens is 5. The predicted molar refractivity (Wildman–Crippen MR) is 270 cm³/mol. The third kappa shape index (κ3) is 10.4. The summed E-state index contributed by atoms with van der Waals surface area (Å²) in [5.74, 6) is 0.0150. The molecule has 18 nitrogen and oxygen atoms in total. The van der Waals surface area contributed by atoms with Gasteiger partial charge in [-0.3, -0.25) is 39.4 Å². The molecule has 0 bridgehead atoms. The highest BCUT2D eigenvalue weighted by Crippen LogP contribution is 2.42. The number of aryl methyl sites for hydroxylation is 1. The van der Waals surface area contributed by atoms with Gasteiger partial charge in [-0.05, 0) is 102 Å². The lowest BCUT2D eigenvalue weighted by Gasteiger charge is -2.43. The lowest BCUT2D eigenvalue weighted by atomic mass is 9.90. The van der Waals surface area contributed by atoms with Crippen molar-refractivity contribution < 1.29 is 28.5 Å². The Hall–Kier alpha value is -6.69. The van der Waals surface area contributed by atoms with Crippen LogP contribution in [0.2, 0.25) is 0 Å². The molecule has 1 unspecified atom stereocenters. The number of hydrogen-bond donors (Lipinski definition) is 5. The van der Waals surface area contributed by atoms with Gasteiger partial charge in [-0.2, -0.15) is 4.98 Å². The molecular formula is C49H54BrN12O6P. The van der Waals surface area contributed by atoms with E-state index in [2.05, 4.69) is 86.0 Å². The molecule has 3 fully saturated rings. The van der Waals surface area contributed by atoms with Crippen molar-refractivity contribution in [3.63, 3.8) is 0 Å². The average molecular weight is 1020 g/mol. The second kappa shape index (κ2) is 20.1. The van der Waals surface area contributed by atoms with Gasteiger partial charge in [0.25, 0.3) is 11.8 Å². The molecule has 358 valence electrons. The molecule has 3 aliphatic heterocycles. The molecule has 6 heterocycles. The van der Waals surface area contributed by atoms with Crippen LogP contribution in [0.3, 0.4) is 0 Å². The van der Waals surface area contributed by atoms with Crippen LogP contribution >= 0.6 is 23.1 Å². The standard InChI is InChI=1S/C49H54BrN12O6P/c1-5-29-24-38(57-49-54-28-35(50)45(59-49)56-37-12-11-36-43(52-17-16-51-36)44(37)69(3,4)67)41(68-2)26-40(29)61-18-14-33(15-19-61)60-20-22-62(23-21-60)48(66)39-25-31(27-53-39)46(64)55-32-8-6-30(7-9-32)34-10-13-42(63)58-47(34)65/h6-9,11-12,16-17,24-28,33-34,53H,5,10,13-15,18-23H2,1-4H3,(H,55,64)(H,58,63,65)(H2,54,56,57,59). The summed E-state index contributed by atoms with van der Waals surface area (Å²) in [6, 6.07) is 16.9. The number of ether oxygens (including phenoxy) is 1. The Morgan fingerprint density at radius 2 is 1.65 bits per heavy atom. The van der Waals surface area contributed by atoms with E-state index < -0.39 is 13.1 Å². The number of imide groups is 1. The van der Waals surface area contributed by atoms with Crippen molar-refractivity contribution >= 4 is 97.6 Å². The number of piperazine rings is 1. The SMILES string of the molecule is CCc1cc(Nc2ncc(Br)c(Nc3ccc4nccnc4c3P(C)(C)=O)n2)c(OC)cc1N1CCC(N2CCN(C(=O)c3cc(C(=O)Nc4ccc(C5CCC(=O)NC5=O)cc4)c[nH]3)CC2)CC1. The number of carbonyl (C=O) groups excluding carboxylic acids is 4. The van der Waals surface area contributed by atoms with Crippen LogP contribution in [0.15, 0.2) is 83.9 Å². The summed E-state index contributed by atoms with van der Waals surface area (Å²) in [6.07, 6.45) is 9.92. The summed E-state index contributed by atoms with van der Waals surface area (Å²) in [7, 11) is -1.14. The molecule has 6 aromatic rings. The first kappa shape index (κ1) is 47.4. The molecule has 0 saturated carbocycles. The number of hydrogen-bond acceptors (Lipinski definition) is 14. The van der Waals surface area contributed by atoms with Gasteiger partial charge in [0.15, 0.2) is 0 Å². The average Bonchev–Trinajstić information content (AvgIpc) is 3.86. The first-order chi connectivity index (χ1) is 33.3. The number of anilines is 6. The summed E-state index contributed by atoms with van der Waals surface area (Å²) < 4.78 is 20.1. The third-order valence-electron chi connectivity index (χ3n) is 13.1. The zero-order chi connectivity index (χ0) is 48.4. The fraction of sp³-hybridized carbons (Fsp3) is 0.347. The van der Waals surface area contributed by atoms with Gasteiger partial charge in [0.05, 0.1) is 45.3 Å². The van der Waals surface area contributed by atoms with E-state index in [1.807, 2.05) is 17.0 Å². The zero-order valence-corrected chi connectivity index (χ0v) is 41.3. The Kier molecular flexibility index (Phi) is 13.8. The Morgan fingerprint density at radius 3 is 2.36 bits per heavy atom. The second-order valence-electron chi connectivity index (χ2n) is 17.8. The van der Waals surface area contributed by atoms with Crippen molar-refractivity contribution in [2.75, 3.05) is 80.6 Å². The van der Waals surface area contributed by atoms with Crippen LogP contribution in [0.1, 0.15) is 70.5 Å². The number of piperidine rings is 2. The summed E-state index contributed by atoms with van der Waals surface area (Å²) in [4.78, 5) is 78.5. The Bertz CT molecular complexity index is 2980. The topological polar surface area (TPSA) is 220 Å². The van der Waals surface area contributed by atoms with Gasteiger partial charge in [-0.25, -0.2) is 4.98 Å². The summed E-state index contributed by atoms with van der Waals surface area (Å²) in [5, 5.41) is 12.6. The van der Waals surface area contributed by atoms with Crippen molar-refractivity contribution in [2.24, 2.45) is 0 Å². The number of rotatable bonds is 13. The minimum absolute atomic E-state index is 0.142. The maximum absolute atomic E-state index is 13.6. The van der Waals surface area contributed by atoms with Gasteiger partial charge in [0.1, 0.15) is 29.9 Å². The highest BCUT2D eigenvalue weighted by molar-refractivity contribution is 9.10. The molecule has 3 saturated heterocycles. The number of carbonyl (C=O) groups is 4. The van der Waals surface area contributed by atoms with E-state index in [0.29, 0.717) is 92.9 Å². The quantitative estimate of drug-likeness (QED) is 0.0581. The molecule has 20 heteroatoms. The number of fused-ring (bicyclic) bond motifs is 1. The van der Waals surface area contributed by atoms with Crippen molar-refractivity contribution in [1.82, 2.24) is 40.0 Å². The monoisotopic (exact) mass is 1020 g/mol. The number of nitrogens with one attached hydrogen (secondary N) is 5. The smallest absolute Gasteiger partial charge is 0.270 e. The summed E-state index contributed by atoms with van der Waals surface area (Å²) >= 11 is 3.59. The van der Waals surface area contributed by atoms with Crippen molar-refractivity contribution in [2.45, 2.75) is 51.0 Å². The summed E-state index contributed by atoms with van der Waals surface area (Å²) in [6.45, 7) is 10.0. The van der Waals surface area contributed by atoms with E-state index in [-0.39, 0.29) is 23.6 Å². The molecule has 3 aromatic carbocycles. The van der Waals surface area contributed by atoms with E-state index in [1.54, 1.807) is 69.4 Å². The first-order valence-electron chi connectivity index (χ1n) is 23.0. The normalized spacial score (nSPS) is 17.1. The molecule has 0 aliphatic carbocycles. The van der Waals surface area contributed by atoms with E-state index in [4.69, 9.17) is 9.72 Å². The van der Waals surface area contributed by atoms with Crippen molar-refractivity contribution in [3.8, 4) is 5.75 Å². The zero-order valence-electron chi connectivity index (χ0n) is 38.8. The Morgan fingerprint density at radius 1 is 0.899 bits per heavy atom. The maximum atomic E-state index is 13.6. The number of aromatic amines is 1. The molecule has 1 atom stereocenters. The Balaban J connectivity index is 0.783. The van der Waals surface area contributed by atoms with Gasteiger partial charge >= 0.3 is 0 Å². The highest BCUT2D eigenvalue weighted by atomic mass is 79.9. The molecule has 3 aliphatic rings. The van der Waals surface area contributed by atoms with E-state index >= 15 is 0 Å². The van der Waals surface area contributed by atoms with Gasteiger partial charge in [-0.1, -0.05) is 19.1 Å². The number of amides is 4. The minimum Gasteiger partial charge on any atom is -0.494 e. The van der Waals surface area contributed by atoms with Crippen LogP contribution in [0.4, 0.5) is 34.5 Å². The lowest BCUT2D eigenvalue weighted by molar-refractivity contribution is -0.134. The van der Waals surface area contributed by atoms with E-state index in [1.165, 1.54) is 6.20 Å². The van der Waals surface area contributed by atoms with Crippen LogP contribution in [-0.2, 0) is 20.6 Å². The molecule has 5 N–H and O–H groups in total. The van der Waals surface area contributed by atoms with Gasteiger partial charge in [0.2, 0.25) is 17.8 Å². The van der Waals surface area contributed by atoms with Crippen LogP contribution in [0, 0.1) is 0 Å². The molecule has 9 rings (SSSR count). The van der Waals surface area contributed by atoms with E-state index in [0.717, 1.165) is 67.9 Å². The van der Waals surface area contributed by atoms with Crippen LogP contribution in [0.5, 0.6) is 5.75 Å². The summed E-state index contributed by atoms with van der Waals surface area (Å²) in [5.41, 5.74) is 6.92. The van der Waals surface area contributed by atoms with Crippen LogP contribution in [0.25, 0.3) is 11.0 Å². The fourth-order valence-electron chi connectivity index (χ4n) is 9.48. The van der Waals surface area contributed by atoms with Gasteiger partial charge < -0.3 is 40.0 Å². The maximum Gasteiger partial charge on any atom is 0.270 e.